The van der Waals surface area contributed by atoms with Crippen LogP contribution >= 0.6 is 0 Å². The van der Waals surface area contributed by atoms with Crippen LogP contribution in [0.2, 0.25) is 0 Å². The lowest BCUT2D eigenvalue weighted by molar-refractivity contribution is -0.127. The minimum absolute atomic E-state index is 0.0924. The fraction of sp³-hybridized carbons (Fsp3) is 0.143. The Morgan fingerprint density at radius 1 is 1.42 bits per heavy atom. The smallest absolute Gasteiger partial charge is 0.232 e. The van der Waals surface area contributed by atoms with E-state index in [1.54, 1.807) is 0 Å². The molecule has 0 unspecified atom stereocenters. The van der Waals surface area contributed by atoms with Crippen molar-refractivity contribution in [3.8, 4) is 0 Å². The van der Waals surface area contributed by atoms with Gasteiger partial charge in [-0.3, -0.25) is 9.59 Å². The number of ketones is 1. The number of carbonyl (C=O) groups excluding carboxylic acids is 2. The van der Waals surface area contributed by atoms with Crippen molar-refractivity contribution in [2.45, 2.75) is 6.42 Å². The molecule has 0 saturated carbocycles. The van der Waals surface area contributed by atoms with Crippen LogP contribution in [0.5, 0.6) is 0 Å². The average molecular weight is 166 g/mol. The summed E-state index contributed by atoms with van der Waals surface area (Å²) in [5, 5.41) is 2.52. The van der Waals surface area contributed by atoms with Gasteiger partial charge in [0.1, 0.15) is 6.26 Å². The van der Waals surface area contributed by atoms with Crippen LogP contribution in [0, 0.1) is 0 Å². The Kier molecular flexibility index (Phi) is 1.36. The molecule has 0 aromatic heterocycles. The Morgan fingerprint density at radius 2 is 2.25 bits per heavy atom. The molecule has 2 rings (SSSR count). The molecule has 0 spiro atoms. The maximum atomic E-state index is 11.2. The van der Waals surface area contributed by atoms with Crippen LogP contribution in [0.15, 0.2) is 23.7 Å². The van der Waals surface area contributed by atoms with Crippen LogP contribution in [0.3, 0.4) is 0 Å². The summed E-state index contributed by atoms with van der Waals surface area (Å²) in [5.41, 5.74) is 3.30. The number of hydrogen-bond acceptors (Lipinski definition) is 4. The molecule has 12 heavy (non-hydrogen) atoms. The zero-order valence-electron chi connectivity index (χ0n) is 6.09. The number of nitrogens with one attached hydrogen (secondary N) is 2. The van der Waals surface area contributed by atoms with E-state index in [9.17, 15) is 9.59 Å². The molecule has 0 aromatic carbocycles. The molecule has 0 radical (unpaired) electrons. The zero-order valence-corrected chi connectivity index (χ0v) is 6.09. The highest BCUT2D eigenvalue weighted by Crippen LogP contribution is 2.17. The van der Waals surface area contributed by atoms with E-state index in [4.69, 9.17) is 0 Å². The van der Waals surface area contributed by atoms with Gasteiger partial charge in [-0.2, -0.15) is 0 Å². The molecule has 62 valence electrons. The molecule has 2 N–H and O–H groups in total. The fourth-order valence-electron chi connectivity index (χ4n) is 1.09. The van der Waals surface area contributed by atoms with E-state index in [0.29, 0.717) is 11.3 Å². The Labute approximate surface area is 68.0 Å². The van der Waals surface area contributed by atoms with E-state index in [-0.39, 0.29) is 18.1 Å². The average Bonchev–Trinajstić information content (AvgIpc) is 2.04. The summed E-state index contributed by atoms with van der Waals surface area (Å²) in [7, 11) is 0. The molecule has 0 aromatic rings. The van der Waals surface area contributed by atoms with Gasteiger partial charge in [0.25, 0.3) is 0 Å². The van der Waals surface area contributed by atoms with Crippen molar-refractivity contribution >= 4 is 11.7 Å². The second-order valence-corrected chi connectivity index (χ2v) is 2.47. The lowest BCUT2D eigenvalue weighted by Gasteiger charge is -2.20. The lowest BCUT2D eigenvalue weighted by atomic mass is 10.0. The summed E-state index contributed by atoms with van der Waals surface area (Å²) in [4.78, 5) is 26.7. The number of hydrogen-bond donors (Lipinski definition) is 2. The van der Waals surface area contributed by atoms with Gasteiger partial charge in [-0.15, -0.1) is 0 Å². The minimum Gasteiger partial charge on any atom is -0.388 e. The Morgan fingerprint density at radius 3 is 3.08 bits per heavy atom. The van der Waals surface area contributed by atoms with Gasteiger partial charge in [-0.05, 0) is 0 Å². The Balaban J connectivity index is 2.35. The first-order valence-electron chi connectivity index (χ1n) is 3.42. The molecule has 5 nitrogen and oxygen atoms in total. The van der Waals surface area contributed by atoms with Crippen LogP contribution in [0.1, 0.15) is 6.42 Å². The largest absolute Gasteiger partial charge is 0.388 e. The highest BCUT2D eigenvalue weighted by atomic mass is 16.6. The standard InChI is InChI=1S/C7H6N2O3/c10-6-1-7(11)9-5-3-12-8-2-4(5)6/h2-3,8H,1H2,(H,9,11). The molecule has 0 atom stereocenters. The van der Waals surface area contributed by atoms with Gasteiger partial charge in [0.05, 0.1) is 17.7 Å². The van der Waals surface area contributed by atoms with Crippen LogP contribution in [-0.4, -0.2) is 11.7 Å². The van der Waals surface area contributed by atoms with Gasteiger partial charge < -0.3 is 10.2 Å². The summed E-state index contributed by atoms with van der Waals surface area (Å²) >= 11 is 0. The minimum atomic E-state index is -0.297. The predicted molar refractivity (Wildman–Crippen MR) is 38.2 cm³/mol. The number of fused-ring (bicyclic) bond motifs is 1. The summed E-state index contributed by atoms with van der Waals surface area (Å²) in [5.74, 6) is -0.491. The quantitative estimate of drug-likeness (QED) is 0.468. The van der Waals surface area contributed by atoms with Crippen LogP contribution < -0.4 is 10.8 Å². The van der Waals surface area contributed by atoms with Gasteiger partial charge in [0, 0.05) is 6.20 Å². The van der Waals surface area contributed by atoms with Gasteiger partial charge in [-0.25, -0.2) is 5.48 Å². The van der Waals surface area contributed by atoms with Crippen LogP contribution in [0.25, 0.3) is 0 Å². The highest BCUT2D eigenvalue weighted by molar-refractivity contribution is 6.13. The SMILES string of the molecule is O=C1CC(=O)C2=CNOC=C2N1. The van der Waals surface area contributed by atoms with Gasteiger partial charge in [0.2, 0.25) is 5.91 Å². The number of Topliss-reactive ketones (excluding diaryl/α,β-unsaturated/α-hetero) is 1. The highest BCUT2D eigenvalue weighted by Gasteiger charge is 2.27. The van der Waals surface area contributed by atoms with Gasteiger partial charge in [-0.1, -0.05) is 0 Å². The first-order chi connectivity index (χ1) is 5.77. The molecule has 2 heterocycles. The van der Waals surface area contributed by atoms with E-state index < -0.39 is 0 Å². The number of allylic oxidation sites excluding steroid dienone is 1. The van der Waals surface area contributed by atoms with Gasteiger partial charge >= 0.3 is 0 Å². The van der Waals surface area contributed by atoms with E-state index in [2.05, 4.69) is 15.6 Å². The summed E-state index contributed by atoms with van der Waals surface area (Å²) < 4.78 is 0. The first kappa shape index (κ1) is 6.90. The maximum Gasteiger partial charge on any atom is 0.232 e. The molecule has 1 fully saturated rings. The van der Waals surface area contributed by atoms with Crippen LogP contribution in [-0.2, 0) is 14.4 Å². The Hall–Kier alpha value is -1.78. The number of amides is 1. The van der Waals surface area contributed by atoms with Crippen molar-refractivity contribution in [1.29, 1.82) is 0 Å². The molecule has 2 aliphatic heterocycles. The molecule has 1 saturated heterocycles. The molecule has 1 amide bonds. The van der Waals surface area contributed by atoms with Gasteiger partial charge in [0.15, 0.2) is 5.78 Å². The topological polar surface area (TPSA) is 67.4 Å². The van der Waals surface area contributed by atoms with E-state index in [1.807, 2.05) is 0 Å². The molecular weight excluding hydrogens is 160 g/mol. The predicted octanol–water partition coefficient (Wildman–Crippen LogP) is -0.665. The van der Waals surface area contributed by atoms with Crippen molar-refractivity contribution in [3.05, 3.63) is 23.7 Å². The second-order valence-electron chi connectivity index (χ2n) is 2.47. The molecule has 0 aliphatic carbocycles. The van der Waals surface area contributed by atoms with E-state index >= 15 is 0 Å². The first-order valence-corrected chi connectivity index (χ1v) is 3.42. The van der Waals surface area contributed by atoms with E-state index in [0.717, 1.165) is 0 Å². The number of hydroxylamine groups is 1. The summed E-state index contributed by atoms with van der Waals surface area (Å²) in [6, 6.07) is 0. The molecule has 2 aliphatic rings. The zero-order chi connectivity index (χ0) is 8.55. The van der Waals surface area contributed by atoms with Crippen LogP contribution in [0.4, 0.5) is 0 Å². The number of carbonyl (C=O) groups is 2. The fourth-order valence-corrected chi connectivity index (χ4v) is 1.09. The monoisotopic (exact) mass is 166 g/mol. The van der Waals surface area contributed by atoms with E-state index in [1.165, 1.54) is 12.5 Å². The molecular formula is C7H6N2O3. The molecule has 0 bridgehead atoms. The number of rotatable bonds is 0. The van der Waals surface area contributed by atoms with Crippen molar-refractivity contribution in [2.75, 3.05) is 0 Å². The van der Waals surface area contributed by atoms with Crippen molar-refractivity contribution in [1.82, 2.24) is 10.8 Å². The lowest BCUT2D eigenvalue weighted by Crippen LogP contribution is -2.36. The summed E-state index contributed by atoms with van der Waals surface area (Å²) in [6.45, 7) is 0. The molecule has 5 heteroatoms. The Bertz CT molecular complexity index is 317. The summed E-state index contributed by atoms with van der Waals surface area (Å²) in [6.07, 6.45) is 2.63. The second kappa shape index (κ2) is 2.37. The third-order valence-electron chi connectivity index (χ3n) is 1.63. The van der Waals surface area contributed by atoms with Crippen molar-refractivity contribution in [2.24, 2.45) is 0 Å². The normalized spacial score (nSPS) is 21.0. The van der Waals surface area contributed by atoms with Crippen molar-refractivity contribution < 1.29 is 14.4 Å². The number of piperidine rings is 1. The maximum absolute atomic E-state index is 11.2. The van der Waals surface area contributed by atoms with Crippen molar-refractivity contribution in [3.63, 3.8) is 0 Å². The third-order valence-corrected chi connectivity index (χ3v) is 1.63. The third kappa shape index (κ3) is 0.952.